The van der Waals surface area contributed by atoms with Crippen LogP contribution in [0.4, 0.5) is 11.4 Å². The molecule has 1 heterocycles. The van der Waals surface area contributed by atoms with Gasteiger partial charge in [-0.25, -0.2) is 0 Å². The van der Waals surface area contributed by atoms with Crippen molar-refractivity contribution >= 4 is 34.7 Å². The van der Waals surface area contributed by atoms with Crippen molar-refractivity contribution in [2.45, 2.75) is 32.7 Å². The molecule has 0 spiro atoms. The van der Waals surface area contributed by atoms with Crippen molar-refractivity contribution in [1.82, 2.24) is 5.32 Å². The summed E-state index contributed by atoms with van der Waals surface area (Å²) in [6, 6.07) is 15.5. The van der Waals surface area contributed by atoms with Crippen LogP contribution in [0.5, 0.6) is 0 Å². The monoisotopic (exact) mass is 436 g/mol. The highest BCUT2D eigenvalue weighted by Crippen LogP contribution is 2.25. The third-order valence-electron chi connectivity index (χ3n) is 5.00. The van der Waals surface area contributed by atoms with Crippen LogP contribution in [0.3, 0.4) is 0 Å². The summed E-state index contributed by atoms with van der Waals surface area (Å²) in [5.74, 6) is -0.685. The fourth-order valence-electron chi connectivity index (χ4n) is 3.35. The maximum absolute atomic E-state index is 12.8. The normalized spacial score (nSPS) is 15.2. The van der Waals surface area contributed by atoms with E-state index in [1.807, 2.05) is 37.3 Å². The maximum Gasteiger partial charge on any atom is 0.271 e. The molecule has 0 fully saturated rings. The highest BCUT2D eigenvalue weighted by atomic mass is 16.5. The first-order valence-electron chi connectivity index (χ1n) is 10.7. The average Bonchev–Trinajstić information content (AvgIpc) is 3.26. The number of nitrogens with one attached hydrogen (secondary N) is 2. The van der Waals surface area contributed by atoms with Crippen molar-refractivity contribution < 1.29 is 19.1 Å². The molecule has 0 saturated heterocycles. The Morgan fingerprint density at radius 2 is 1.88 bits per heavy atom. The zero-order valence-electron chi connectivity index (χ0n) is 18.3. The molecule has 1 aliphatic heterocycles. The number of para-hydroxylation sites is 1. The quantitative estimate of drug-likeness (QED) is 0.558. The van der Waals surface area contributed by atoms with Gasteiger partial charge in [0, 0.05) is 37.4 Å². The minimum Gasteiger partial charge on any atom is -0.382 e. The first kappa shape index (κ1) is 23.1. The van der Waals surface area contributed by atoms with Crippen molar-refractivity contribution in [3.05, 3.63) is 60.2 Å². The number of nitrogens with zero attached hydrogens (tertiary/aromatic N) is 2. The second-order valence-electron chi connectivity index (χ2n) is 7.40. The van der Waals surface area contributed by atoms with Crippen LogP contribution < -0.4 is 15.6 Å². The molecule has 1 unspecified atom stereocenters. The van der Waals surface area contributed by atoms with Crippen molar-refractivity contribution in [2.75, 3.05) is 30.1 Å². The summed E-state index contributed by atoms with van der Waals surface area (Å²) in [6.07, 6.45) is 0.946. The van der Waals surface area contributed by atoms with E-state index in [0.717, 1.165) is 12.1 Å². The molecular weight excluding hydrogens is 408 g/mol. The summed E-state index contributed by atoms with van der Waals surface area (Å²) in [5, 5.41) is 11.6. The third-order valence-corrected chi connectivity index (χ3v) is 5.00. The molecule has 3 rings (SSSR count). The standard InChI is InChI=1S/C24H28N4O4/c1-3-32-14-8-13-25-23(30)18-9-7-10-19(15-18)26-24(31)21-16-22(17(2)29)28(27-21)20-11-5-4-6-12-20/h4-7,9-12,15,22H,3,8,13-14,16H2,1-2H3,(H,25,30)(H,26,31). The zero-order chi connectivity index (χ0) is 22.9. The average molecular weight is 437 g/mol. The van der Waals surface area contributed by atoms with Crippen molar-refractivity contribution in [1.29, 1.82) is 0 Å². The van der Waals surface area contributed by atoms with Gasteiger partial charge in [0.2, 0.25) is 0 Å². The Morgan fingerprint density at radius 3 is 2.59 bits per heavy atom. The SMILES string of the molecule is CCOCCCNC(=O)c1cccc(NC(=O)C2=NN(c3ccccc3)C(C(C)=O)C2)c1. The van der Waals surface area contributed by atoms with E-state index in [-0.39, 0.29) is 23.8 Å². The van der Waals surface area contributed by atoms with Gasteiger partial charge in [-0.2, -0.15) is 5.10 Å². The number of ether oxygens (including phenoxy) is 1. The molecule has 0 radical (unpaired) electrons. The molecule has 1 aliphatic rings. The largest absolute Gasteiger partial charge is 0.382 e. The molecule has 2 aromatic rings. The summed E-state index contributed by atoms with van der Waals surface area (Å²) < 4.78 is 5.26. The zero-order valence-corrected chi connectivity index (χ0v) is 18.3. The molecule has 168 valence electrons. The van der Waals surface area contributed by atoms with E-state index in [1.54, 1.807) is 29.3 Å². The van der Waals surface area contributed by atoms with Gasteiger partial charge in [-0.15, -0.1) is 0 Å². The molecule has 0 aromatic heterocycles. The molecule has 0 saturated carbocycles. The first-order chi connectivity index (χ1) is 15.5. The topological polar surface area (TPSA) is 100 Å². The van der Waals surface area contributed by atoms with Gasteiger partial charge >= 0.3 is 0 Å². The highest BCUT2D eigenvalue weighted by Gasteiger charge is 2.34. The lowest BCUT2D eigenvalue weighted by Gasteiger charge is -2.20. The van der Waals surface area contributed by atoms with E-state index >= 15 is 0 Å². The van der Waals surface area contributed by atoms with Gasteiger partial charge in [-0.3, -0.25) is 19.4 Å². The van der Waals surface area contributed by atoms with Crippen LogP contribution in [0.1, 0.15) is 37.0 Å². The second-order valence-corrected chi connectivity index (χ2v) is 7.40. The summed E-state index contributed by atoms with van der Waals surface area (Å²) >= 11 is 0. The van der Waals surface area contributed by atoms with Gasteiger partial charge in [0.25, 0.3) is 11.8 Å². The van der Waals surface area contributed by atoms with Crippen LogP contribution in [-0.2, 0) is 14.3 Å². The van der Waals surface area contributed by atoms with E-state index in [1.165, 1.54) is 6.92 Å². The molecule has 8 nitrogen and oxygen atoms in total. The fourth-order valence-corrected chi connectivity index (χ4v) is 3.35. The smallest absolute Gasteiger partial charge is 0.271 e. The lowest BCUT2D eigenvalue weighted by atomic mass is 10.1. The van der Waals surface area contributed by atoms with Crippen LogP contribution in [0.25, 0.3) is 0 Å². The molecule has 32 heavy (non-hydrogen) atoms. The molecule has 1 atom stereocenters. The number of rotatable bonds is 10. The van der Waals surface area contributed by atoms with Gasteiger partial charge in [0.05, 0.1) is 5.69 Å². The lowest BCUT2D eigenvalue weighted by Crippen LogP contribution is -2.33. The summed E-state index contributed by atoms with van der Waals surface area (Å²) in [7, 11) is 0. The van der Waals surface area contributed by atoms with Crippen LogP contribution in [0.2, 0.25) is 0 Å². The minimum absolute atomic E-state index is 0.0663. The number of amides is 2. The molecule has 0 aliphatic carbocycles. The maximum atomic E-state index is 12.8. The van der Waals surface area contributed by atoms with Crippen molar-refractivity contribution in [2.24, 2.45) is 5.10 Å². The Labute approximate surface area is 187 Å². The van der Waals surface area contributed by atoms with Crippen LogP contribution >= 0.6 is 0 Å². The summed E-state index contributed by atoms with van der Waals surface area (Å²) in [4.78, 5) is 37.3. The van der Waals surface area contributed by atoms with Crippen LogP contribution in [0, 0.1) is 0 Å². The number of benzene rings is 2. The number of hydrazone groups is 1. The highest BCUT2D eigenvalue weighted by molar-refractivity contribution is 6.44. The molecule has 0 bridgehead atoms. The summed E-state index contributed by atoms with van der Waals surface area (Å²) in [5.41, 5.74) is 1.94. The van der Waals surface area contributed by atoms with Crippen molar-refractivity contribution in [3.8, 4) is 0 Å². The van der Waals surface area contributed by atoms with Crippen molar-refractivity contribution in [3.63, 3.8) is 0 Å². The Hall–Kier alpha value is -3.52. The fraction of sp³-hybridized carbons (Fsp3) is 0.333. The van der Waals surface area contributed by atoms with E-state index in [0.29, 0.717) is 31.0 Å². The van der Waals surface area contributed by atoms with Gasteiger partial charge in [-0.1, -0.05) is 24.3 Å². The number of ketones is 1. The van der Waals surface area contributed by atoms with Crippen LogP contribution in [0.15, 0.2) is 59.7 Å². The van der Waals surface area contributed by atoms with Gasteiger partial charge < -0.3 is 15.4 Å². The molecule has 2 N–H and O–H groups in total. The van der Waals surface area contributed by atoms with Gasteiger partial charge in [-0.05, 0) is 50.6 Å². The van der Waals surface area contributed by atoms with Crippen LogP contribution in [-0.4, -0.2) is 49.1 Å². The second kappa shape index (κ2) is 11.2. The molecule has 2 amide bonds. The number of hydrogen-bond donors (Lipinski definition) is 2. The Balaban J connectivity index is 1.65. The Morgan fingerprint density at radius 1 is 1.09 bits per heavy atom. The lowest BCUT2D eigenvalue weighted by molar-refractivity contribution is -0.118. The molecule has 2 aromatic carbocycles. The number of carbonyl (C=O) groups is 3. The summed E-state index contributed by atoms with van der Waals surface area (Å²) in [6.45, 7) is 5.17. The Kier molecular flexibility index (Phi) is 8.10. The van der Waals surface area contributed by atoms with E-state index < -0.39 is 11.9 Å². The number of hydrogen-bond acceptors (Lipinski definition) is 6. The van der Waals surface area contributed by atoms with E-state index in [2.05, 4.69) is 15.7 Å². The predicted octanol–water partition coefficient (Wildman–Crippen LogP) is 3.01. The van der Waals surface area contributed by atoms with Gasteiger partial charge in [0.15, 0.2) is 5.78 Å². The number of Topliss-reactive ketones (excluding diaryl/α,β-unsaturated/α-hetero) is 1. The van der Waals surface area contributed by atoms with Gasteiger partial charge in [0.1, 0.15) is 11.8 Å². The number of carbonyl (C=O) groups excluding carboxylic acids is 3. The molecular formula is C24H28N4O4. The van der Waals surface area contributed by atoms with E-state index in [4.69, 9.17) is 4.74 Å². The van der Waals surface area contributed by atoms with E-state index in [9.17, 15) is 14.4 Å². The third kappa shape index (κ3) is 6.01. The predicted molar refractivity (Wildman–Crippen MR) is 124 cm³/mol. The minimum atomic E-state index is -0.521. The first-order valence-corrected chi connectivity index (χ1v) is 10.7. The molecule has 8 heteroatoms. The number of anilines is 2. The Bertz CT molecular complexity index is 991.